The zero-order chi connectivity index (χ0) is 13.7. The third-order valence-electron chi connectivity index (χ3n) is 2.51. The van der Waals surface area contributed by atoms with E-state index >= 15 is 0 Å². The molecule has 0 bridgehead atoms. The molecule has 0 saturated heterocycles. The van der Waals surface area contributed by atoms with Crippen LogP contribution in [0.4, 0.5) is 0 Å². The largest absolute Gasteiger partial charge is 0.497 e. The molecule has 0 aliphatic heterocycles. The molecule has 0 radical (unpaired) electrons. The number of carbonyl (C=O) groups is 1. The number of hydrogen-bond donors (Lipinski definition) is 0. The zero-order valence-electron chi connectivity index (χ0n) is 11.1. The van der Waals surface area contributed by atoms with E-state index in [-0.39, 0.29) is 11.3 Å². The first-order valence-electron chi connectivity index (χ1n) is 5.61. The van der Waals surface area contributed by atoms with Gasteiger partial charge in [-0.2, -0.15) is 0 Å². The second kappa shape index (κ2) is 6.50. The average Bonchev–Trinajstić information content (AvgIpc) is 2.36. The van der Waals surface area contributed by atoms with Gasteiger partial charge in [-0.3, -0.25) is 4.79 Å². The minimum Gasteiger partial charge on any atom is -0.497 e. The van der Waals surface area contributed by atoms with Crippen molar-refractivity contribution in [2.75, 3.05) is 27.8 Å². The van der Waals surface area contributed by atoms with Crippen LogP contribution in [-0.2, 0) is 0 Å². The van der Waals surface area contributed by atoms with Gasteiger partial charge in [0.1, 0.15) is 11.5 Å². The van der Waals surface area contributed by atoms with E-state index in [4.69, 9.17) is 21.1 Å². The molecule has 1 aromatic carbocycles. The van der Waals surface area contributed by atoms with Gasteiger partial charge in [-0.1, -0.05) is 0 Å². The molecule has 0 heterocycles. The molecule has 18 heavy (non-hydrogen) atoms. The molecule has 1 rings (SSSR count). The van der Waals surface area contributed by atoms with Gasteiger partial charge in [-0.25, -0.2) is 0 Å². The summed E-state index contributed by atoms with van der Waals surface area (Å²) in [5.41, 5.74) is 0.469. The van der Waals surface area contributed by atoms with Gasteiger partial charge in [0.2, 0.25) is 0 Å². The van der Waals surface area contributed by atoms with E-state index in [1.165, 1.54) is 7.11 Å². The van der Waals surface area contributed by atoms with Gasteiger partial charge < -0.3 is 14.4 Å². The van der Waals surface area contributed by atoms with E-state index in [1.807, 2.05) is 6.92 Å². The lowest BCUT2D eigenvalue weighted by atomic mass is 10.1. The second-order valence-corrected chi connectivity index (χ2v) is 4.78. The van der Waals surface area contributed by atoms with Crippen molar-refractivity contribution in [1.29, 1.82) is 0 Å². The first kappa shape index (κ1) is 14.6. The monoisotopic (exact) mass is 271 g/mol. The summed E-state index contributed by atoms with van der Waals surface area (Å²) in [6.07, 6.45) is 0. The Labute approximate surface area is 112 Å². The van der Waals surface area contributed by atoms with Crippen molar-refractivity contribution in [3.8, 4) is 11.5 Å². The highest BCUT2D eigenvalue weighted by Crippen LogP contribution is 2.25. The standard InChI is InChI=1S/C13H18ClNO3/c1-9(14)8-15(2)13(16)11-7-10(17-3)5-6-12(11)18-4/h5-7,9H,8H2,1-4H3. The van der Waals surface area contributed by atoms with Gasteiger partial charge >= 0.3 is 0 Å². The number of halogens is 1. The minimum absolute atomic E-state index is 0.101. The summed E-state index contributed by atoms with van der Waals surface area (Å²) >= 11 is 5.89. The number of benzene rings is 1. The van der Waals surface area contributed by atoms with E-state index < -0.39 is 0 Å². The van der Waals surface area contributed by atoms with Crippen LogP contribution in [0, 0.1) is 0 Å². The third-order valence-corrected chi connectivity index (χ3v) is 2.65. The van der Waals surface area contributed by atoms with Gasteiger partial charge in [0.25, 0.3) is 5.91 Å². The van der Waals surface area contributed by atoms with Crippen molar-refractivity contribution in [2.24, 2.45) is 0 Å². The van der Waals surface area contributed by atoms with Crippen molar-refractivity contribution in [1.82, 2.24) is 4.90 Å². The number of ether oxygens (including phenoxy) is 2. The van der Waals surface area contributed by atoms with Gasteiger partial charge in [0.05, 0.1) is 19.8 Å². The molecule has 0 spiro atoms. The summed E-state index contributed by atoms with van der Waals surface area (Å²) in [7, 11) is 4.80. The Morgan fingerprint density at radius 1 is 1.39 bits per heavy atom. The lowest BCUT2D eigenvalue weighted by Crippen LogP contribution is -2.31. The molecule has 0 aliphatic rings. The summed E-state index contributed by atoms with van der Waals surface area (Å²) in [5.74, 6) is 1.000. The SMILES string of the molecule is COc1ccc(OC)c(C(=O)N(C)CC(C)Cl)c1. The maximum Gasteiger partial charge on any atom is 0.257 e. The van der Waals surface area contributed by atoms with Crippen molar-refractivity contribution in [3.05, 3.63) is 23.8 Å². The van der Waals surface area contributed by atoms with E-state index in [9.17, 15) is 4.79 Å². The van der Waals surface area contributed by atoms with E-state index in [2.05, 4.69) is 0 Å². The van der Waals surface area contributed by atoms with E-state index in [1.54, 1.807) is 37.3 Å². The quantitative estimate of drug-likeness (QED) is 0.772. The molecule has 4 nitrogen and oxygen atoms in total. The molecule has 1 unspecified atom stereocenters. The molecular weight excluding hydrogens is 254 g/mol. The van der Waals surface area contributed by atoms with Gasteiger partial charge in [-0.15, -0.1) is 11.6 Å². The number of methoxy groups -OCH3 is 2. The Morgan fingerprint density at radius 3 is 2.56 bits per heavy atom. The first-order valence-corrected chi connectivity index (χ1v) is 6.04. The molecule has 1 atom stereocenters. The molecule has 0 N–H and O–H groups in total. The van der Waals surface area contributed by atoms with Gasteiger partial charge in [0, 0.05) is 19.0 Å². The van der Waals surface area contributed by atoms with E-state index in [0.29, 0.717) is 23.6 Å². The number of nitrogens with zero attached hydrogens (tertiary/aromatic N) is 1. The Bertz CT molecular complexity index is 421. The van der Waals surface area contributed by atoms with Crippen LogP contribution >= 0.6 is 11.6 Å². The highest BCUT2D eigenvalue weighted by atomic mass is 35.5. The molecule has 0 aromatic heterocycles. The second-order valence-electron chi connectivity index (χ2n) is 4.03. The molecule has 100 valence electrons. The molecule has 5 heteroatoms. The Balaban J connectivity index is 3.02. The highest BCUT2D eigenvalue weighted by Gasteiger charge is 2.18. The number of amides is 1. The van der Waals surface area contributed by atoms with Crippen LogP contribution in [0.15, 0.2) is 18.2 Å². The predicted octanol–water partition coefficient (Wildman–Crippen LogP) is 2.40. The first-order chi connectivity index (χ1) is 8.49. The van der Waals surface area contributed by atoms with Crippen LogP contribution in [0.3, 0.4) is 0 Å². The van der Waals surface area contributed by atoms with Crippen LogP contribution < -0.4 is 9.47 Å². The normalized spacial score (nSPS) is 11.8. The van der Waals surface area contributed by atoms with Crippen LogP contribution in [0.5, 0.6) is 11.5 Å². The average molecular weight is 272 g/mol. The Hall–Kier alpha value is -1.42. The van der Waals surface area contributed by atoms with Crippen molar-refractivity contribution in [2.45, 2.75) is 12.3 Å². The molecular formula is C13H18ClNO3. The van der Waals surface area contributed by atoms with Gasteiger partial charge in [-0.05, 0) is 25.1 Å². The van der Waals surface area contributed by atoms with Crippen molar-refractivity contribution >= 4 is 17.5 Å². The number of carbonyl (C=O) groups excluding carboxylic acids is 1. The van der Waals surface area contributed by atoms with Gasteiger partial charge in [0.15, 0.2) is 0 Å². The molecule has 1 amide bonds. The third kappa shape index (κ3) is 3.53. The lowest BCUT2D eigenvalue weighted by molar-refractivity contribution is 0.0792. The molecule has 0 fully saturated rings. The fraction of sp³-hybridized carbons (Fsp3) is 0.462. The van der Waals surface area contributed by atoms with E-state index in [0.717, 1.165) is 0 Å². The summed E-state index contributed by atoms with van der Waals surface area (Å²) in [5, 5.41) is -0.101. The minimum atomic E-state index is -0.141. The summed E-state index contributed by atoms with van der Waals surface area (Å²) in [6, 6.07) is 5.13. The molecule has 1 aromatic rings. The maximum absolute atomic E-state index is 12.3. The summed E-state index contributed by atoms with van der Waals surface area (Å²) in [6.45, 7) is 2.31. The zero-order valence-corrected chi connectivity index (χ0v) is 11.8. The summed E-state index contributed by atoms with van der Waals surface area (Å²) in [4.78, 5) is 13.8. The molecule has 0 aliphatic carbocycles. The number of alkyl halides is 1. The fourth-order valence-corrected chi connectivity index (χ4v) is 1.85. The van der Waals surface area contributed by atoms with Crippen LogP contribution in [-0.4, -0.2) is 44.0 Å². The maximum atomic E-state index is 12.3. The van der Waals surface area contributed by atoms with Crippen molar-refractivity contribution < 1.29 is 14.3 Å². The predicted molar refractivity (Wildman–Crippen MR) is 71.8 cm³/mol. The Kier molecular flexibility index (Phi) is 5.28. The van der Waals surface area contributed by atoms with Crippen LogP contribution in [0.2, 0.25) is 0 Å². The molecule has 0 saturated carbocycles. The highest BCUT2D eigenvalue weighted by molar-refractivity contribution is 6.20. The van der Waals surface area contributed by atoms with Crippen LogP contribution in [0.25, 0.3) is 0 Å². The smallest absolute Gasteiger partial charge is 0.257 e. The summed E-state index contributed by atoms with van der Waals surface area (Å²) < 4.78 is 10.3. The number of rotatable bonds is 5. The number of hydrogen-bond acceptors (Lipinski definition) is 3. The topological polar surface area (TPSA) is 38.8 Å². The Morgan fingerprint density at radius 2 is 2.06 bits per heavy atom. The van der Waals surface area contributed by atoms with Crippen molar-refractivity contribution in [3.63, 3.8) is 0 Å². The lowest BCUT2D eigenvalue weighted by Gasteiger charge is -2.20. The van der Waals surface area contributed by atoms with Crippen LogP contribution in [0.1, 0.15) is 17.3 Å². The fourth-order valence-electron chi connectivity index (χ4n) is 1.65.